The molecule has 0 radical (unpaired) electrons. The van der Waals surface area contributed by atoms with Gasteiger partial charge in [-0.1, -0.05) is 12.1 Å². The van der Waals surface area contributed by atoms with Crippen LogP contribution in [-0.2, 0) is 0 Å². The van der Waals surface area contributed by atoms with Crippen molar-refractivity contribution in [2.45, 2.75) is 0 Å². The topological polar surface area (TPSA) is 74.5 Å². The molecule has 0 unspecified atom stereocenters. The van der Waals surface area contributed by atoms with E-state index in [1.807, 2.05) is 0 Å². The van der Waals surface area contributed by atoms with Crippen LogP contribution in [0.5, 0.6) is 17.4 Å². The Bertz CT molecular complexity index is 618. The first-order chi connectivity index (χ1) is 9.11. The van der Waals surface area contributed by atoms with Gasteiger partial charge in [-0.3, -0.25) is 10.1 Å². The van der Waals surface area contributed by atoms with Gasteiger partial charge in [0.1, 0.15) is 0 Å². The van der Waals surface area contributed by atoms with Gasteiger partial charge in [0.25, 0.3) is 5.88 Å². The second-order valence-electron chi connectivity index (χ2n) is 3.49. The maximum atomic E-state index is 11.0. The monoisotopic (exact) mass is 324 g/mol. The lowest BCUT2D eigenvalue weighted by Crippen LogP contribution is -1.97. The summed E-state index contributed by atoms with van der Waals surface area (Å²) in [5.41, 5.74) is -0.222. The number of para-hydroxylation sites is 2. The molecule has 0 spiro atoms. The number of aromatic nitrogens is 1. The lowest BCUT2D eigenvalue weighted by molar-refractivity contribution is -0.386. The minimum atomic E-state index is -0.553. The van der Waals surface area contributed by atoms with Gasteiger partial charge >= 0.3 is 5.69 Å². The number of pyridine rings is 1. The van der Waals surface area contributed by atoms with E-state index in [0.717, 1.165) is 0 Å². The molecule has 0 fully saturated rings. The summed E-state index contributed by atoms with van der Waals surface area (Å²) in [6.07, 6.45) is 1.43. The van der Waals surface area contributed by atoms with Gasteiger partial charge in [0.05, 0.1) is 12.0 Å². The zero-order valence-corrected chi connectivity index (χ0v) is 11.5. The van der Waals surface area contributed by atoms with Gasteiger partial charge in [0, 0.05) is 16.7 Å². The van der Waals surface area contributed by atoms with E-state index in [4.69, 9.17) is 9.47 Å². The lowest BCUT2D eigenvalue weighted by Gasteiger charge is -2.09. The fraction of sp³-hybridized carbons (Fsp3) is 0.0833. The first-order valence-electron chi connectivity index (χ1n) is 5.22. The van der Waals surface area contributed by atoms with Crippen LogP contribution in [0.15, 0.2) is 41.0 Å². The Kier molecular flexibility index (Phi) is 3.96. The third-order valence-corrected chi connectivity index (χ3v) is 2.70. The Labute approximate surface area is 117 Å². The molecular formula is C12H9BrN2O4. The number of halogens is 1. The Hall–Kier alpha value is -2.15. The second-order valence-corrected chi connectivity index (χ2v) is 4.40. The summed E-state index contributed by atoms with van der Waals surface area (Å²) in [7, 11) is 1.49. The number of hydrogen-bond acceptors (Lipinski definition) is 5. The highest BCUT2D eigenvalue weighted by atomic mass is 79.9. The summed E-state index contributed by atoms with van der Waals surface area (Å²) in [6, 6.07) is 8.18. The van der Waals surface area contributed by atoms with E-state index < -0.39 is 4.92 Å². The van der Waals surface area contributed by atoms with E-state index in [-0.39, 0.29) is 11.6 Å². The zero-order chi connectivity index (χ0) is 13.8. The number of rotatable bonds is 4. The van der Waals surface area contributed by atoms with Crippen molar-refractivity contribution in [2.24, 2.45) is 0 Å². The Morgan fingerprint density at radius 1 is 1.32 bits per heavy atom. The van der Waals surface area contributed by atoms with E-state index in [9.17, 15) is 10.1 Å². The van der Waals surface area contributed by atoms with Crippen molar-refractivity contribution in [3.63, 3.8) is 0 Å². The van der Waals surface area contributed by atoms with Crippen LogP contribution >= 0.6 is 15.9 Å². The van der Waals surface area contributed by atoms with E-state index in [0.29, 0.717) is 16.0 Å². The van der Waals surface area contributed by atoms with Crippen molar-refractivity contribution in [3.05, 3.63) is 51.1 Å². The number of benzene rings is 1. The Morgan fingerprint density at radius 2 is 2.00 bits per heavy atom. The zero-order valence-electron chi connectivity index (χ0n) is 9.87. The van der Waals surface area contributed by atoms with Crippen molar-refractivity contribution in [2.75, 3.05) is 7.11 Å². The summed E-state index contributed by atoms with van der Waals surface area (Å²) in [5, 5.41) is 11.0. The SMILES string of the molecule is COc1ccccc1Oc1ncc(Br)cc1[N+](=O)[O-]. The fourth-order valence-electron chi connectivity index (χ4n) is 1.43. The highest BCUT2D eigenvalue weighted by molar-refractivity contribution is 9.10. The molecule has 0 aliphatic carbocycles. The van der Waals surface area contributed by atoms with Gasteiger partial charge in [-0.15, -0.1) is 0 Å². The van der Waals surface area contributed by atoms with Gasteiger partial charge in [-0.05, 0) is 28.1 Å². The highest BCUT2D eigenvalue weighted by Gasteiger charge is 2.19. The third kappa shape index (κ3) is 3.00. The predicted octanol–water partition coefficient (Wildman–Crippen LogP) is 3.55. The maximum absolute atomic E-state index is 11.0. The maximum Gasteiger partial charge on any atom is 0.332 e. The lowest BCUT2D eigenvalue weighted by atomic mass is 10.3. The van der Waals surface area contributed by atoms with Crippen LogP contribution in [0.3, 0.4) is 0 Å². The van der Waals surface area contributed by atoms with Crippen LogP contribution in [0.2, 0.25) is 0 Å². The molecule has 0 N–H and O–H groups in total. The van der Waals surface area contributed by atoms with E-state index in [1.165, 1.54) is 19.4 Å². The van der Waals surface area contributed by atoms with Crippen molar-refractivity contribution in [3.8, 4) is 17.4 Å². The molecule has 0 amide bonds. The minimum Gasteiger partial charge on any atom is -0.493 e. The van der Waals surface area contributed by atoms with Gasteiger partial charge in [-0.25, -0.2) is 4.98 Å². The molecule has 19 heavy (non-hydrogen) atoms. The summed E-state index contributed by atoms with van der Waals surface area (Å²) >= 11 is 3.13. The standard InChI is InChI=1S/C12H9BrN2O4/c1-18-10-4-2-3-5-11(10)19-12-9(15(16)17)6-8(13)7-14-12/h2-7H,1H3. The van der Waals surface area contributed by atoms with Crippen LogP contribution in [0, 0.1) is 10.1 Å². The molecule has 1 aromatic carbocycles. The van der Waals surface area contributed by atoms with Gasteiger partial charge in [0.2, 0.25) is 0 Å². The molecule has 0 aliphatic heterocycles. The number of methoxy groups -OCH3 is 1. The minimum absolute atomic E-state index is 0.0855. The van der Waals surface area contributed by atoms with Gasteiger partial charge in [-0.2, -0.15) is 0 Å². The average molecular weight is 325 g/mol. The first kappa shape index (κ1) is 13.3. The Balaban J connectivity index is 2.41. The molecule has 6 nitrogen and oxygen atoms in total. The smallest absolute Gasteiger partial charge is 0.332 e. The number of hydrogen-bond donors (Lipinski definition) is 0. The van der Waals surface area contributed by atoms with Crippen LogP contribution < -0.4 is 9.47 Å². The molecule has 2 rings (SSSR count). The molecule has 2 aromatic rings. The first-order valence-corrected chi connectivity index (χ1v) is 6.02. The van der Waals surface area contributed by atoms with Crippen molar-refractivity contribution in [1.29, 1.82) is 0 Å². The van der Waals surface area contributed by atoms with Crippen LogP contribution in [0.4, 0.5) is 5.69 Å². The largest absolute Gasteiger partial charge is 0.493 e. The molecule has 0 bridgehead atoms. The van der Waals surface area contributed by atoms with Crippen molar-refractivity contribution >= 4 is 21.6 Å². The molecule has 98 valence electrons. The normalized spacial score (nSPS) is 10.0. The molecule has 7 heteroatoms. The summed E-state index contributed by atoms with van der Waals surface area (Å²) in [4.78, 5) is 14.3. The molecular weight excluding hydrogens is 316 g/mol. The summed E-state index contributed by atoms with van der Waals surface area (Å²) < 4.78 is 11.1. The van der Waals surface area contributed by atoms with Crippen LogP contribution in [-0.4, -0.2) is 17.0 Å². The molecule has 0 saturated carbocycles. The van der Waals surface area contributed by atoms with Gasteiger partial charge in [0.15, 0.2) is 11.5 Å². The molecule has 0 aliphatic rings. The van der Waals surface area contributed by atoms with Crippen LogP contribution in [0.1, 0.15) is 0 Å². The number of nitrogens with zero attached hydrogens (tertiary/aromatic N) is 2. The van der Waals surface area contributed by atoms with Crippen LogP contribution in [0.25, 0.3) is 0 Å². The van der Waals surface area contributed by atoms with Crippen molar-refractivity contribution < 1.29 is 14.4 Å². The summed E-state index contributed by atoms with van der Waals surface area (Å²) in [6.45, 7) is 0. The highest BCUT2D eigenvalue weighted by Crippen LogP contribution is 2.35. The third-order valence-electron chi connectivity index (χ3n) is 2.27. The summed E-state index contributed by atoms with van der Waals surface area (Å²) in [5.74, 6) is 0.752. The average Bonchev–Trinajstić information content (AvgIpc) is 2.41. The Morgan fingerprint density at radius 3 is 2.63 bits per heavy atom. The van der Waals surface area contributed by atoms with Gasteiger partial charge < -0.3 is 9.47 Å². The second kappa shape index (κ2) is 5.66. The molecule has 0 saturated heterocycles. The predicted molar refractivity (Wildman–Crippen MR) is 71.7 cm³/mol. The van der Waals surface area contributed by atoms with E-state index in [2.05, 4.69) is 20.9 Å². The molecule has 0 atom stereocenters. The quantitative estimate of drug-likeness (QED) is 0.635. The van der Waals surface area contributed by atoms with Crippen molar-refractivity contribution in [1.82, 2.24) is 4.98 Å². The van der Waals surface area contributed by atoms with E-state index >= 15 is 0 Å². The van der Waals surface area contributed by atoms with E-state index in [1.54, 1.807) is 24.3 Å². The number of nitro groups is 1. The molecule has 1 heterocycles. The molecule has 1 aromatic heterocycles. The fourth-order valence-corrected chi connectivity index (χ4v) is 1.75. The number of ether oxygens (including phenoxy) is 2.